The van der Waals surface area contributed by atoms with Crippen LogP contribution in [0, 0.1) is 11.7 Å². The van der Waals surface area contributed by atoms with Crippen LogP contribution in [0.5, 0.6) is 0 Å². The third-order valence-electron chi connectivity index (χ3n) is 5.69. The Morgan fingerprint density at radius 2 is 1.48 bits per heavy atom. The predicted molar refractivity (Wildman–Crippen MR) is 114 cm³/mol. The molecule has 0 saturated carbocycles. The van der Waals surface area contributed by atoms with Crippen molar-refractivity contribution in [3.8, 4) is 11.1 Å². The summed E-state index contributed by atoms with van der Waals surface area (Å²) in [5.41, 5.74) is 10.9. The topological polar surface area (TPSA) is 89.6 Å². The molecule has 0 aliphatic heterocycles. The van der Waals surface area contributed by atoms with Crippen LogP contribution in [0.15, 0.2) is 72.8 Å². The van der Waals surface area contributed by atoms with Gasteiger partial charge in [0.15, 0.2) is 5.92 Å². The molecule has 1 aliphatic carbocycles. The summed E-state index contributed by atoms with van der Waals surface area (Å²) in [5, 5.41) is 9.60. The molecule has 1 aliphatic rings. The van der Waals surface area contributed by atoms with Crippen LogP contribution in [-0.4, -0.2) is 29.7 Å². The van der Waals surface area contributed by atoms with Crippen LogP contribution < -0.4 is 5.73 Å². The zero-order chi connectivity index (χ0) is 22.0. The van der Waals surface area contributed by atoms with Gasteiger partial charge in [-0.15, -0.1) is 0 Å². The molecule has 0 heterocycles. The summed E-state index contributed by atoms with van der Waals surface area (Å²) >= 11 is 0. The molecule has 6 heteroatoms. The Morgan fingerprint density at radius 1 is 0.935 bits per heavy atom. The van der Waals surface area contributed by atoms with E-state index >= 15 is 0 Å². The number of ether oxygens (including phenoxy) is 1. The quantitative estimate of drug-likeness (QED) is 0.450. The van der Waals surface area contributed by atoms with Crippen LogP contribution in [0.2, 0.25) is 0 Å². The van der Waals surface area contributed by atoms with Gasteiger partial charge in [0, 0.05) is 12.0 Å². The SMILES string of the molecule is NC(Cc1ccc(F)cc1)[C@H](C(=O)O)C(=O)OCC1c2ccccc2-c2ccccc21. The van der Waals surface area contributed by atoms with Crippen molar-refractivity contribution in [3.63, 3.8) is 0 Å². The number of hydrogen-bond acceptors (Lipinski definition) is 4. The number of aliphatic carboxylic acids is 1. The maximum atomic E-state index is 13.1. The Hall–Kier alpha value is -3.51. The number of carboxylic acids is 1. The van der Waals surface area contributed by atoms with E-state index in [1.165, 1.54) is 24.3 Å². The average molecular weight is 419 g/mol. The fraction of sp³-hybridized carbons (Fsp3) is 0.200. The standard InChI is InChI=1S/C25H22FNO4/c26-16-11-9-15(10-12-16)13-22(27)23(24(28)29)25(30)31-14-21-19-7-3-1-5-17(19)18-6-2-4-8-20(18)21/h1-12,21-23H,13-14,27H2,(H,28,29)/t22?,23-/m1/s1. The molecule has 0 bridgehead atoms. The molecule has 4 rings (SSSR count). The average Bonchev–Trinajstić information content (AvgIpc) is 3.07. The van der Waals surface area contributed by atoms with Crippen molar-refractivity contribution < 1.29 is 23.8 Å². The number of carboxylic acid groups (broad SMARTS) is 1. The fourth-order valence-electron chi connectivity index (χ4n) is 4.16. The summed E-state index contributed by atoms with van der Waals surface area (Å²) in [6.07, 6.45) is 0.113. The molecule has 2 atom stereocenters. The Bertz CT molecular complexity index is 1070. The molecule has 158 valence electrons. The highest BCUT2D eigenvalue weighted by atomic mass is 19.1. The van der Waals surface area contributed by atoms with Crippen molar-refractivity contribution in [2.75, 3.05) is 6.61 Å². The van der Waals surface area contributed by atoms with Crippen LogP contribution >= 0.6 is 0 Å². The van der Waals surface area contributed by atoms with E-state index in [0.717, 1.165) is 22.3 Å². The minimum absolute atomic E-state index is 0.0277. The number of benzene rings is 3. The first-order valence-corrected chi connectivity index (χ1v) is 10.0. The van der Waals surface area contributed by atoms with Crippen molar-refractivity contribution in [1.29, 1.82) is 0 Å². The minimum Gasteiger partial charge on any atom is -0.481 e. The third kappa shape index (κ3) is 4.20. The molecule has 3 N–H and O–H groups in total. The Kier molecular flexibility index (Phi) is 5.82. The van der Waals surface area contributed by atoms with E-state index in [9.17, 15) is 19.1 Å². The van der Waals surface area contributed by atoms with Crippen LogP contribution in [0.25, 0.3) is 11.1 Å². The van der Waals surface area contributed by atoms with Crippen LogP contribution in [0.1, 0.15) is 22.6 Å². The summed E-state index contributed by atoms with van der Waals surface area (Å²) in [6, 6.07) is 20.4. The van der Waals surface area contributed by atoms with Crippen LogP contribution in [-0.2, 0) is 20.7 Å². The number of carbonyl (C=O) groups excluding carboxylic acids is 1. The lowest BCUT2D eigenvalue weighted by Crippen LogP contribution is -2.43. The van der Waals surface area contributed by atoms with Crippen molar-refractivity contribution in [1.82, 2.24) is 0 Å². The second kappa shape index (κ2) is 8.70. The normalized spacial score (nSPS) is 14.4. The number of fused-ring (bicyclic) bond motifs is 3. The predicted octanol–water partition coefficient (Wildman–Crippen LogP) is 3.75. The first-order valence-electron chi connectivity index (χ1n) is 10.0. The van der Waals surface area contributed by atoms with E-state index < -0.39 is 29.7 Å². The number of nitrogens with two attached hydrogens (primary N) is 1. The molecule has 0 radical (unpaired) electrons. The van der Waals surface area contributed by atoms with E-state index in [-0.39, 0.29) is 18.9 Å². The highest BCUT2D eigenvalue weighted by Gasteiger charge is 2.36. The molecule has 0 saturated heterocycles. The van der Waals surface area contributed by atoms with Crippen molar-refractivity contribution in [3.05, 3.63) is 95.3 Å². The van der Waals surface area contributed by atoms with Crippen molar-refractivity contribution in [2.24, 2.45) is 11.7 Å². The lowest BCUT2D eigenvalue weighted by Gasteiger charge is -2.21. The number of rotatable bonds is 7. The van der Waals surface area contributed by atoms with Gasteiger partial charge < -0.3 is 15.6 Å². The fourth-order valence-corrected chi connectivity index (χ4v) is 4.16. The third-order valence-corrected chi connectivity index (χ3v) is 5.69. The molecule has 0 fully saturated rings. The smallest absolute Gasteiger partial charge is 0.321 e. The summed E-state index contributed by atoms with van der Waals surface area (Å²) in [4.78, 5) is 24.5. The Labute approximate surface area is 179 Å². The second-order valence-electron chi connectivity index (χ2n) is 7.67. The Morgan fingerprint density at radius 3 is 2.03 bits per heavy atom. The van der Waals surface area contributed by atoms with E-state index in [1.54, 1.807) is 0 Å². The van der Waals surface area contributed by atoms with E-state index in [2.05, 4.69) is 0 Å². The van der Waals surface area contributed by atoms with E-state index in [1.807, 2.05) is 48.5 Å². The lowest BCUT2D eigenvalue weighted by atomic mass is 9.94. The lowest BCUT2D eigenvalue weighted by molar-refractivity contribution is -0.159. The highest BCUT2D eigenvalue weighted by Crippen LogP contribution is 2.44. The molecular formula is C25H22FNO4. The summed E-state index contributed by atoms with van der Waals surface area (Å²) < 4.78 is 18.6. The number of carbonyl (C=O) groups is 2. The van der Waals surface area contributed by atoms with Crippen molar-refractivity contribution in [2.45, 2.75) is 18.4 Å². The van der Waals surface area contributed by atoms with Gasteiger partial charge in [0.25, 0.3) is 0 Å². The maximum Gasteiger partial charge on any atom is 0.321 e. The first-order chi connectivity index (χ1) is 15.0. The number of esters is 1. The molecule has 3 aromatic rings. The number of halogens is 1. The van der Waals surface area contributed by atoms with Gasteiger partial charge in [-0.2, -0.15) is 0 Å². The van der Waals surface area contributed by atoms with Crippen LogP contribution in [0.4, 0.5) is 4.39 Å². The van der Waals surface area contributed by atoms with Gasteiger partial charge in [-0.25, -0.2) is 4.39 Å². The zero-order valence-electron chi connectivity index (χ0n) is 16.7. The maximum absolute atomic E-state index is 13.1. The van der Waals surface area contributed by atoms with E-state index in [4.69, 9.17) is 10.5 Å². The minimum atomic E-state index is -1.52. The molecule has 0 spiro atoms. The Balaban J connectivity index is 1.49. The van der Waals surface area contributed by atoms with Gasteiger partial charge in [0.05, 0.1) is 0 Å². The molecule has 0 aromatic heterocycles. The van der Waals surface area contributed by atoms with Gasteiger partial charge in [0.1, 0.15) is 12.4 Å². The van der Waals surface area contributed by atoms with E-state index in [0.29, 0.717) is 5.56 Å². The molecule has 31 heavy (non-hydrogen) atoms. The van der Waals surface area contributed by atoms with Gasteiger partial charge in [0.2, 0.25) is 0 Å². The zero-order valence-corrected chi connectivity index (χ0v) is 16.7. The molecule has 5 nitrogen and oxygen atoms in total. The monoisotopic (exact) mass is 419 g/mol. The van der Waals surface area contributed by atoms with Gasteiger partial charge in [-0.05, 0) is 46.4 Å². The van der Waals surface area contributed by atoms with Crippen LogP contribution in [0.3, 0.4) is 0 Å². The second-order valence-corrected chi connectivity index (χ2v) is 7.67. The summed E-state index contributed by atoms with van der Waals surface area (Å²) in [7, 11) is 0. The molecule has 0 amide bonds. The summed E-state index contributed by atoms with van der Waals surface area (Å²) in [5.74, 6) is -4.30. The first kappa shape index (κ1) is 20.8. The van der Waals surface area contributed by atoms with Gasteiger partial charge in [-0.1, -0.05) is 60.7 Å². The van der Waals surface area contributed by atoms with Crippen molar-refractivity contribution >= 4 is 11.9 Å². The number of hydrogen-bond donors (Lipinski definition) is 2. The largest absolute Gasteiger partial charge is 0.481 e. The summed E-state index contributed by atoms with van der Waals surface area (Å²) in [6.45, 7) is 0.0277. The highest BCUT2D eigenvalue weighted by molar-refractivity contribution is 5.95. The molecule has 3 aromatic carbocycles. The van der Waals surface area contributed by atoms with Gasteiger partial charge in [-0.3, -0.25) is 9.59 Å². The van der Waals surface area contributed by atoms with Gasteiger partial charge >= 0.3 is 11.9 Å². The molecule has 1 unspecified atom stereocenters. The molecular weight excluding hydrogens is 397 g/mol.